The number of nitrogens with one attached hydrogen (secondary N) is 1. The van der Waals surface area contributed by atoms with Crippen LogP contribution in [0, 0.1) is 11.6 Å². The van der Waals surface area contributed by atoms with Crippen LogP contribution in [0.25, 0.3) is 0 Å². The molecule has 10 heteroatoms. The zero-order valence-electron chi connectivity index (χ0n) is 11.9. The van der Waals surface area contributed by atoms with E-state index in [9.17, 15) is 22.0 Å². The summed E-state index contributed by atoms with van der Waals surface area (Å²) in [6, 6.07) is 2.11. The minimum Gasteiger partial charge on any atom is -0.414 e. The normalized spacial score (nSPS) is 11.3. The molecule has 124 valence electrons. The standard InChI is InChI=1S/C13H12F2N2O4S2/c1-2-3-11(18)21-12-7-16-13(22-12)17-23(19,20)10-5-4-8(14)6-9(10)15/h4-7H,2-3H2,1H3,(H,16,17). The molecule has 1 aromatic heterocycles. The van der Waals surface area contributed by atoms with Crippen LogP contribution in [0.1, 0.15) is 19.8 Å². The Morgan fingerprint density at radius 1 is 1.39 bits per heavy atom. The molecular formula is C13H12F2N2O4S2. The number of benzene rings is 1. The zero-order chi connectivity index (χ0) is 17.0. The monoisotopic (exact) mass is 362 g/mol. The lowest BCUT2D eigenvalue weighted by atomic mass is 10.3. The SMILES string of the molecule is CCCC(=O)Oc1cnc(NS(=O)(=O)c2ccc(F)cc2F)s1. The van der Waals surface area contributed by atoms with Crippen LogP contribution >= 0.6 is 11.3 Å². The fourth-order valence-corrected chi connectivity index (χ4v) is 3.57. The second kappa shape index (κ2) is 7.01. The second-order valence-corrected chi connectivity index (χ2v) is 7.03. The molecule has 6 nitrogen and oxygen atoms in total. The van der Waals surface area contributed by atoms with Crippen molar-refractivity contribution in [1.29, 1.82) is 0 Å². The minimum atomic E-state index is -4.27. The fraction of sp³-hybridized carbons (Fsp3) is 0.231. The predicted octanol–water partition coefficient (Wildman–Crippen LogP) is 2.93. The molecule has 2 aromatic rings. The average Bonchev–Trinajstić information content (AvgIpc) is 2.84. The highest BCUT2D eigenvalue weighted by Gasteiger charge is 2.21. The van der Waals surface area contributed by atoms with E-state index in [2.05, 4.69) is 4.98 Å². The van der Waals surface area contributed by atoms with E-state index in [0.29, 0.717) is 12.5 Å². The molecule has 0 saturated heterocycles. The van der Waals surface area contributed by atoms with Gasteiger partial charge in [0, 0.05) is 12.5 Å². The summed E-state index contributed by atoms with van der Waals surface area (Å²) < 4.78 is 57.5. The van der Waals surface area contributed by atoms with E-state index < -0.39 is 32.5 Å². The molecule has 0 fully saturated rings. The predicted molar refractivity (Wildman–Crippen MR) is 79.8 cm³/mol. The number of sulfonamides is 1. The van der Waals surface area contributed by atoms with Gasteiger partial charge in [-0.15, -0.1) is 0 Å². The Morgan fingerprint density at radius 3 is 2.78 bits per heavy atom. The molecule has 2 rings (SSSR count). The summed E-state index contributed by atoms with van der Waals surface area (Å²) in [6.45, 7) is 1.81. The summed E-state index contributed by atoms with van der Waals surface area (Å²) >= 11 is 0.777. The van der Waals surface area contributed by atoms with E-state index in [1.165, 1.54) is 6.20 Å². The van der Waals surface area contributed by atoms with Crippen molar-refractivity contribution in [3.63, 3.8) is 0 Å². The second-order valence-electron chi connectivity index (χ2n) is 4.39. The van der Waals surface area contributed by atoms with Gasteiger partial charge in [-0.2, -0.15) is 0 Å². The van der Waals surface area contributed by atoms with Crippen LogP contribution in [0.5, 0.6) is 5.06 Å². The Labute approximate surface area is 135 Å². The minimum absolute atomic E-state index is 0.104. The molecule has 0 aliphatic rings. The Bertz CT molecular complexity index is 821. The number of nitrogens with zero attached hydrogens (tertiary/aromatic N) is 1. The van der Waals surface area contributed by atoms with Crippen LogP contribution in [-0.2, 0) is 14.8 Å². The number of hydrogen-bond acceptors (Lipinski definition) is 6. The maximum atomic E-state index is 13.6. The van der Waals surface area contributed by atoms with E-state index in [0.717, 1.165) is 23.5 Å². The van der Waals surface area contributed by atoms with Gasteiger partial charge in [-0.05, 0) is 18.6 Å². The Morgan fingerprint density at radius 2 is 2.13 bits per heavy atom. The van der Waals surface area contributed by atoms with E-state index in [1.807, 2.05) is 11.6 Å². The van der Waals surface area contributed by atoms with Crippen molar-refractivity contribution in [2.45, 2.75) is 24.7 Å². The van der Waals surface area contributed by atoms with Crippen LogP contribution < -0.4 is 9.46 Å². The lowest BCUT2D eigenvalue weighted by molar-refractivity contribution is -0.134. The number of ether oxygens (including phenoxy) is 1. The first kappa shape index (κ1) is 17.3. The smallest absolute Gasteiger partial charge is 0.312 e. The highest BCUT2D eigenvalue weighted by Crippen LogP contribution is 2.28. The van der Waals surface area contributed by atoms with Gasteiger partial charge in [-0.1, -0.05) is 18.3 Å². The molecule has 0 amide bonds. The third-order valence-corrected chi connectivity index (χ3v) is 4.85. The zero-order valence-corrected chi connectivity index (χ0v) is 13.5. The number of esters is 1. The summed E-state index contributed by atoms with van der Waals surface area (Å²) in [4.78, 5) is 14.4. The number of hydrogen-bond donors (Lipinski definition) is 1. The molecule has 0 saturated carbocycles. The Hall–Kier alpha value is -2.07. The van der Waals surface area contributed by atoms with Gasteiger partial charge in [0.1, 0.15) is 16.5 Å². The first-order valence-electron chi connectivity index (χ1n) is 6.46. The highest BCUT2D eigenvalue weighted by molar-refractivity contribution is 7.93. The van der Waals surface area contributed by atoms with E-state index >= 15 is 0 Å². The lowest BCUT2D eigenvalue weighted by Crippen LogP contribution is -2.14. The first-order valence-corrected chi connectivity index (χ1v) is 8.76. The largest absolute Gasteiger partial charge is 0.414 e. The van der Waals surface area contributed by atoms with Crippen LogP contribution in [0.4, 0.5) is 13.9 Å². The molecule has 0 atom stereocenters. The van der Waals surface area contributed by atoms with E-state index in [4.69, 9.17) is 4.74 Å². The third kappa shape index (κ3) is 4.45. The number of anilines is 1. The number of halogens is 2. The molecular weight excluding hydrogens is 350 g/mol. The van der Waals surface area contributed by atoms with Crippen molar-refractivity contribution in [3.8, 4) is 5.06 Å². The Kier molecular flexibility index (Phi) is 5.26. The van der Waals surface area contributed by atoms with Crippen molar-refractivity contribution >= 4 is 32.5 Å². The topological polar surface area (TPSA) is 85.4 Å². The molecule has 0 unspecified atom stereocenters. The fourth-order valence-electron chi connectivity index (χ4n) is 1.58. The van der Waals surface area contributed by atoms with Crippen molar-refractivity contribution in [3.05, 3.63) is 36.0 Å². The third-order valence-electron chi connectivity index (χ3n) is 2.56. The summed E-state index contributed by atoms with van der Waals surface area (Å²) in [6.07, 6.45) is 2.01. The average molecular weight is 362 g/mol. The lowest BCUT2D eigenvalue weighted by Gasteiger charge is -2.06. The van der Waals surface area contributed by atoms with Gasteiger partial charge in [0.05, 0.1) is 6.20 Å². The Balaban J connectivity index is 2.15. The molecule has 1 aromatic carbocycles. The van der Waals surface area contributed by atoms with Crippen LogP contribution in [0.15, 0.2) is 29.3 Å². The quantitative estimate of drug-likeness (QED) is 0.799. The molecule has 23 heavy (non-hydrogen) atoms. The van der Waals surface area contributed by atoms with E-state index in [1.54, 1.807) is 0 Å². The van der Waals surface area contributed by atoms with Gasteiger partial charge in [-0.3, -0.25) is 9.52 Å². The van der Waals surface area contributed by atoms with Gasteiger partial charge in [0.2, 0.25) is 5.06 Å². The number of rotatable bonds is 6. The molecule has 0 spiro atoms. The van der Waals surface area contributed by atoms with Gasteiger partial charge in [-0.25, -0.2) is 22.2 Å². The number of carbonyl (C=O) groups excluding carboxylic acids is 1. The molecule has 0 bridgehead atoms. The summed E-state index contributed by atoms with van der Waals surface area (Å²) in [5.74, 6) is -2.57. The van der Waals surface area contributed by atoms with Crippen molar-refractivity contribution in [2.75, 3.05) is 4.72 Å². The van der Waals surface area contributed by atoms with Gasteiger partial charge >= 0.3 is 5.97 Å². The van der Waals surface area contributed by atoms with Gasteiger partial charge < -0.3 is 4.74 Å². The number of thiazole rings is 1. The van der Waals surface area contributed by atoms with Crippen LogP contribution in [0.2, 0.25) is 0 Å². The molecule has 0 aliphatic carbocycles. The van der Waals surface area contributed by atoms with Gasteiger partial charge in [0.25, 0.3) is 10.0 Å². The molecule has 0 aliphatic heterocycles. The van der Waals surface area contributed by atoms with Gasteiger partial charge in [0.15, 0.2) is 5.13 Å². The number of carbonyl (C=O) groups is 1. The molecule has 1 N–H and O–H groups in total. The maximum Gasteiger partial charge on any atom is 0.312 e. The van der Waals surface area contributed by atoms with E-state index in [-0.39, 0.29) is 16.6 Å². The van der Waals surface area contributed by atoms with Crippen molar-refractivity contribution in [1.82, 2.24) is 4.98 Å². The summed E-state index contributed by atoms with van der Waals surface area (Å²) in [5.41, 5.74) is 0. The maximum absolute atomic E-state index is 13.6. The first-order chi connectivity index (χ1) is 10.8. The molecule has 1 heterocycles. The molecule has 0 radical (unpaired) electrons. The van der Waals surface area contributed by atoms with Crippen LogP contribution in [0.3, 0.4) is 0 Å². The van der Waals surface area contributed by atoms with Crippen molar-refractivity contribution < 1.29 is 26.7 Å². The van der Waals surface area contributed by atoms with Crippen molar-refractivity contribution in [2.24, 2.45) is 0 Å². The van der Waals surface area contributed by atoms with Crippen LogP contribution in [-0.4, -0.2) is 19.4 Å². The summed E-state index contributed by atoms with van der Waals surface area (Å²) in [7, 11) is -4.27. The number of aromatic nitrogens is 1. The summed E-state index contributed by atoms with van der Waals surface area (Å²) in [5, 5.41) is 0.00810. The highest BCUT2D eigenvalue weighted by atomic mass is 32.2.